The average molecular weight is 310 g/mol. The number of thiophene rings is 1. The highest BCUT2D eigenvalue weighted by molar-refractivity contribution is 7.10. The highest BCUT2D eigenvalue weighted by Crippen LogP contribution is 2.41. The van der Waals surface area contributed by atoms with Crippen molar-refractivity contribution in [3.05, 3.63) is 22.4 Å². The fraction of sp³-hybridized carbons (Fsp3) is 0.688. The molecule has 0 bridgehead atoms. The molecule has 1 fully saturated rings. The third-order valence-corrected chi connectivity index (χ3v) is 5.60. The normalized spacial score (nSPS) is 19.1. The van der Waals surface area contributed by atoms with Gasteiger partial charge in [-0.25, -0.2) is 0 Å². The number of nitrogens with two attached hydrogens (primary N) is 1. The van der Waals surface area contributed by atoms with Crippen LogP contribution in [0.2, 0.25) is 0 Å². The molecule has 2 rings (SSSR count). The zero-order valence-electron chi connectivity index (χ0n) is 12.8. The molecule has 21 heavy (non-hydrogen) atoms. The van der Waals surface area contributed by atoms with E-state index in [9.17, 15) is 4.79 Å². The summed E-state index contributed by atoms with van der Waals surface area (Å²) < 4.78 is 5.18. The van der Waals surface area contributed by atoms with Crippen LogP contribution in [0.1, 0.15) is 43.4 Å². The molecule has 1 saturated carbocycles. The summed E-state index contributed by atoms with van der Waals surface area (Å²) in [5.74, 6) is 0.0359. The molecule has 0 saturated heterocycles. The van der Waals surface area contributed by atoms with E-state index >= 15 is 0 Å². The van der Waals surface area contributed by atoms with Crippen LogP contribution in [0.5, 0.6) is 0 Å². The first-order valence-corrected chi connectivity index (χ1v) is 8.62. The van der Waals surface area contributed by atoms with Gasteiger partial charge in [-0.15, -0.1) is 11.3 Å². The van der Waals surface area contributed by atoms with Crippen LogP contribution in [0, 0.1) is 0 Å². The van der Waals surface area contributed by atoms with Crippen LogP contribution in [0.15, 0.2) is 17.5 Å². The van der Waals surface area contributed by atoms with Crippen molar-refractivity contribution in [2.24, 2.45) is 5.73 Å². The average Bonchev–Trinajstić information content (AvgIpc) is 3.06. The highest BCUT2D eigenvalue weighted by atomic mass is 32.1. The number of nitrogens with one attached hydrogen (secondary N) is 1. The lowest BCUT2D eigenvalue weighted by atomic mass is 9.73. The lowest BCUT2D eigenvalue weighted by Crippen LogP contribution is -2.43. The van der Waals surface area contributed by atoms with E-state index in [0.29, 0.717) is 13.0 Å². The zero-order valence-corrected chi connectivity index (χ0v) is 13.6. The number of hydrogen-bond acceptors (Lipinski definition) is 4. The summed E-state index contributed by atoms with van der Waals surface area (Å²) in [4.78, 5) is 13.5. The molecule has 1 aromatic rings. The number of carbonyl (C=O) groups is 1. The van der Waals surface area contributed by atoms with E-state index in [1.165, 1.54) is 37.0 Å². The molecule has 4 nitrogen and oxygen atoms in total. The first-order chi connectivity index (χ1) is 10.2. The first kappa shape index (κ1) is 16.5. The van der Waals surface area contributed by atoms with Crippen LogP contribution in [0.25, 0.3) is 0 Å². The van der Waals surface area contributed by atoms with Crippen LogP contribution in [-0.2, 0) is 14.9 Å². The van der Waals surface area contributed by atoms with Crippen molar-refractivity contribution < 1.29 is 9.53 Å². The molecule has 1 aromatic heterocycles. The lowest BCUT2D eigenvalue weighted by Gasteiger charge is -2.37. The van der Waals surface area contributed by atoms with Crippen molar-refractivity contribution in [3.8, 4) is 0 Å². The van der Waals surface area contributed by atoms with Gasteiger partial charge in [0.2, 0.25) is 5.91 Å². The molecule has 0 radical (unpaired) electrons. The number of ether oxygens (including phenoxy) is 1. The van der Waals surface area contributed by atoms with Gasteiger partial charge in [0.05, 0.1) is 12.5 Å². The Kier molecular flexibility index (Phi) is 6.21. The molecule has 5 heteroatoms. The molecule has 1 heterocycles. The van der Waals surface area contributed by atoms with Gasteiger partial charge in [-0.1, -0.05) is 25.3 Å². The van der Waals surface area contributed by atoms with E-state index in [1.54, 1.807) is 18.4 Å². The molecule has 1 amide bonds. The fourth-order valence-corrected chi connectivity index (χ4v) is 4.12. The molecule has 118 valence electrons. The maximum atomic E-state index is 12.1. The van der Waals surface area contributed by atoms with Crippen molar-refractivity contribution in [1.29, 1.82) is 0 Å². The predicted molar refractivity (Wildman–Crippen MR) is 86.6 cm³/mol. The van der Waals surface area contributed by atoms with Gasteiger partial charge < -0.3 is 15.8 Å². The van der Waals surface area contributed by atoms with Gasteiger partial charge in [0.15, 0.2) is 0 Å². The van der Waals surface area contributed by atoms with Gasteiger partial charge in [0.1, 0.15) is 0 Å². The van der Waals surface area contributed by atoms with Gasteiger partial charge in [0, 0.05) is 30.5 Å². The Morgan fingerprint density at radius 3 is 2.81 bits per heavy atom. The van der Waals surface area contributed by atoms with Crippen LogP contribution in [0.3, 0.4) is 0 Å². The van der Waals surface area contributed by atoms with Gasteiger partial charge in [0.25, 0.3) is 0 Å². The van der Waals surface area contributed by atoms with Gasteiger partial charge in [-0.3, -0.25) is 4.79 Å². The van der Waals surface area contributed by atoms with Gasteiger partial charge >= 0.3 is 0 Å². The van der Waals surface area contributed by atoms with E-state index < -0.39 is 0 Å². The number of amides is 1. The van der Waals surface area contributed by atoms with Crippen molar-refractivity contribution in [2.45, 2.75) is 50.0 Å². The monoisotopic (exact) mass is 310 g/mol. The summed E-state index contributed by atoms with van der Waals surface area (Å²) in [5.41, 5.74) is 5.70. The van der Waals surface area contributed by atoms with E-state index in [2.05, 4.69) is 22.8 Å². The predicted octanol–water partition coefficient (Wildman–Crippen LogP) is 2.43. The molecule has 1 atom stereocenters. The van der Waals surface area contributed by atoms with Gasteiger partial charge in [-0.05, 0) is 24.3 Å². The third kappa shape index (κ3) is 4.28. The second kappa shape index (κ2) is 7.92. The van der Waals surface area contributed by atoms with E-state index in [4.69, 9.17) is 10.5 Å². The Morgan fingerprint density at radius 1 is 1.48 bits per heavy atom. The SMILES string of the molecule is COC(CN)CC(=O)NCC1(c2cccs2)CCCCC1. The number of rotatable bonds is 7. The quantitative estimate of drug-likeness (QED) is 0.813. The Balaban J connectivity index is 1.95. The van der Waals surface area contributed by atoms with Crippen LogP contribution in [0.4, 0.5) is 0 Å². The maximum absolute atomic E-state index is 12.1. The molecular formula is C16H26N2O2S. The van der Waals surface area contributed by atoms with Gasteiger partial charge in [-0.2, -0.15) is 0 Å². The van der Waals surface area contributed by atoms with Crippen LogP contribution < -0.4 is 11.1 Å². The molecule has 3 N–H and O–H groups in total. The highest BCUT2D eigenvalue weighted by Gasteiger charge is 2.35. The number of hydrogen-bond donors (Lipinski definition) is 2. The summed E-state index contributed by atoms with van der Waals surface area (Å²) in [6, 6.07) is 4.31. The van der Waals surface area contributed by atoms with E-state index in [-0.39, 0.29) is 17.4 Å². The Hall–Kier alpha value is -0.910. The second-order valence-corrected chi connectivity index (χ2v) is 6.84. The zero-order chi connectivity index (χ0) is 15.1. The minimum Gasteiger partial charge on any atom is -0.380 e. The van der Waals surface area contributed by atoms with Crippen molar-refractivity contribution in [3.63, 3.8) is 0 Å². The fourth-order valence-electron chi connectivity index (χ4n) is 3.13. The van der Waals surface area contributed by atoms with Crippen LogP contribution in [-0.4, -0.2) is 32.2 Å². The topological polar surface area (TPSA) is 64.3 Å². The molecule has 0 aromatic carbocycles. The molecule has 1 unspecified atom stereocenters. The standard InChI is InChI=1S/C16H26N2O2S/c1-20-13(11-17)10-15(19)18-12-16(7-3-2-4-8-16)14-6-5-9-21-14/h5-6,9,13H,2-4,7-8,10-12,17H2,1H3,(H,18,19). The van der Waals surface area contributed by atoms with Crippen molar-refractivity contribution in [2.75, 3.05) is 20.2 Å². The molecule has 1 aliphatic rings. The molecular weight excluding hydrogens is 284 g/mol. The lowest BCUT2D eigenvalue weighted by molar-refractivity contribution is -0.123. The molecule has 0 aliphatic heterocycles. The Bertz CT molecular complexity index is 423. The van der Waals surface area contributed by atoms with E-state index in [1.807, 2.05) is 0 Å². The number of carbonyl (C=O) groups excluding carboxylic acids is 1. The Morgan fingerprint density at radius 2 is 2.24 bits per heavy atom. The maximum Gasteiger partial charge on any atom is 0.222 e. The second-order valence-electron chi connectivity index (χ2n) is 5.89. The summed E-state index contributed by atoms with van der Waals surface area (Å²) in [6.07, 6.45) is 6.28. The van der Waals surface area contributed by atoms with E-state index in [0.717, 1.165) is 6.54 Å². The van der Waals surface area contributed by atoms with Crippen molar-refractivity contribution >= 4 is 17.2 Å². The summed E-state index contributed by atoms with van der Waals surface area (Å²) in [7, 11) is 1.60. The largest absolute Gasteiger partial charge is 0.380 e. The Labute approximate surface area is 131 Å². The molecule has 1 aliphatic carbocycles. The first-order valence-electron chi connectivity index (χ1n) is 7.74. The third-order valence-electron chi connectivity index (χ3n) is 4.49. The smallest absolute Gasteiger partial charge is 0.222 e. The van der Waals surface area contributed by atoms with Crippen LogP contribution >= 0.6 is 11.3 Å². The van der Waals surface area contributed by atoms with Crippen molar-refractivity contribution in [1.82, 2.24) is 5.32 Å². The summed E-state index contributed by atoms with van der Waals surface area (Å²) in [5, 5.41) is 5.24. The minimum absolute atomic E-state index is 0.0359. The molecule has 0 spiro atoms. The minimum atomic E-state index is -0.186. The summed E-state index contributed by atoms with van der Waals surface area (Å²) >= 11 is 1.81. The number of methoxy groups -OCH3 is 1. The summed E-state index contributed by atoms with van der Waals surface area (Å²) in [6.45, 7) is 1.10.